The molecule has 2 aliphatic rings. The van der Waals surface area contributed by atoms with Crippen molar-refractivity contribution in [2.45, 2.75) is 38.5 Å². The largest absolute Gasteiger partial charge is 0.309 e. The van der Waals surface area contributed by atoms with Crippen LogP contribution in [0.15, 0.2) is 243 Å². The number of rotatable bonds is 6. The first-order valence-electron chi connectivity index (χ1n) is 26.1. The third-order valence-corrected chi connectivity index (χ3v) is 16.9. The molecule has 0 N–H and O–H groups in total. The summed E-state index contributed by atoms with van der Waals surface area (Å²) in [5.41, 5.74) is 27.2. The normalized spacial score (nSPS) is 13.9. The van der Waals surface area contributed by atoms with Crippen molar-refractivity contribution in [3.05, 3.63) is 265 Å². The highest BCUT2D eigenvalue weighted by Crippen LogP contribution is 2.53. The van der Waals surface area contributed by atoms with Gasteiger partial charge in [0, 0.05) is 43.7 Å². The molecule has 0 amide bonds. The van der Waals surface area contributed by atoms with Crippen molar-refractivity contribution in [1.29, 1.82) is 0 Å². The Kier molecular flexibility index (Phi) is 9.09. The van der Waals surface area contributed by atoms with Crippen LogP contribution in [-0.2, 0) is 10.8 Å². The molecule has 15 rings (SSSR count). The lowest BCUT2D eigenvalue weighted by Gasteiger charge is -2.22. The van der Waals surface area contributed by atoms with Crippen molar-refractivity contribution < 1.29 is 0 Å². The van der Waals surface area contributed by atoms with E-state index in [0.717, 1.165) is 22.5 Å². The van der Waals surface area contributed by atoms with E-state index in [1.807, 2.05) is 0 Å². The molecule has 2 heteroatoms. The van der Waals surface area contributed by atoms with Crippen LogP contribution in [0.1, 0.15) is 49.9 Å². The number of fused-ring (bicyclic) bond motifs is 12. The van der Waals surface area contributed by atoms with Crippen molar-refractivity contribution in [2.24, 2.45) is 0 Å². The highest BCUT2D eigenvalue weighted by molar-refractivity contribution is 6.13. The van der Waals surface area contributed by atoms with Gasteiger partial charge in [-0.3, -0.25) is 0 Å². The van der Waals surface area contributed by atoms with Gasteiger partial charge in [0.2, 0.25) is 0 Å². The van der Waals surface area contributed by atoms with Crippen LogP contribution in [0.25, 0.3) is 122 Å². The molecule has 2 aliphatic carbocycles. The third-order valence-electron chi connectivity index (χ3n) is 16.9. The van der Waals surface area contributed by atoms with Crippen LogP contribution in [0.4, 0.5) is 0 Å². The molecule has 350 valence electrons. The zero-order valence-electron chi connectivity index (χ0n) is 42.0. The summed E-state index contributed by atoms with van der Waals surface area (Å²) in [7, 11) is 0. The van der Waals surface area contributed by atoms with E-state index in [1.54, 1.807) is 0 Å². The van der Waals surface area contributed by atoms with E-state index in [2.05, 4.69) is 279 Å². The molecule has 0 fully saturated rings. The molecule has 0 spiro atoms. The van der Waals surface area contributed by atoms with Crippen molar-refractivity contribution in [3.8, 4) is 78.1 Å². The Balaban J connectivity index is 0.958. The molecule has 0 bridgehead atoms. The van der Waals surface area contributed by atoms with Crippen molar-refractivity contribution in [3.63, 3.8) is 0 Å². The molecular weight excluding hydrogens is 893 g/mol. The lowest BCUT2D eigenvalue weighted by Crippen LogP contribution is -2.14. The van der Waals surface area contributed by atoms with Crippen molar-refractivity contribution in [1.82, 2.24) is 9.13 Å². The summed E-state index contributed by atoms with van der Waals surface area (Å²) < 4.78 is 5.00. The van der Waals surface area contributed by atoms with Gasteiger partial charge in [0.05, 0.1) is 22.1 Å². The number of hydrogen-bond acceptors (Lipinski definition) is 0. The van der Waals surface area contributed by atoms with Gasteiger partial charge in [-0.2, -0.15) is 0 Å². The summed E-state index contributed by atoms with van der Waals surface area (Å²) >= 11 is 0. The molecule has 2 nitrogen and oxygen atoms in total. The number of para-hydroxylation sites is 2. The molecule has 0 atom stereocenters. The molecule has 0 saturated heterocycles. The minimum Gasteiger partial charge on any atom is -0.309 e. The van der Waals surface area contributed by atoms with Crippen LogP contribution in [-0.4, -0.2) is 9.13 Å². The molecule has 0 radical (unpaired) electrons. The zero-order chi connectivity index (χ0) is 49.5. The second-order valence-electron chi connectivity index (χ2n) is 21.7. The van der Waals surface area contributed by atoms with E-state index in [0.29, 0.717) is 0 Å². The van der Waals surface area contributed by atoms with Gasteiger partial charge in [0.25, 0.3) is 0 Å². The topological polar surface area (TPSA) is 9.86 Å². The van der Waals surface area contributed by atoms with Crippen LogP contribution < -0.4 is 0 Å². The number of aromatic nitrogens is 2. The van der Waals surface area contributed by atoms with Gasteiger partial charge in [-0.05, 0) is 162 Å². The second-order valence-corrected chi connectivity index (χ2v) is 21.7. The van der Waals surface area contributed by atoms with Gasteiger partial charge < -0.3 is 9.13 Å². The first kappa shape index (κ1) is 42.7. The summed E-state index contributed by atoms with van der Waals surface area (Å²) in [6.45, 7) is 9.51. The molecule has 74 heavy (non-hydrogen) atoms. The van der Waals surface area contributed by atoms with E-state index < -0.39 is 0 Å². The minimum absolute atomic E-state index is 0.121. The highest BCUT2D eigenvalue weighted by atomic mass is 15.0. The smallest absolute Gasteiger partial charge is 0.0544 e. The summed E-state index contributed by atoms with van der Waals surface area (Å²) in [5, 5.41) is 5.07. The van der Waals surface area contributed by atoms with Crippen LogP contribution >= 0.6 is 0 Å². The van der Waals surface area contributed by atoms with E-state index in [9.17, 15) is 0 Å². The fourth-order valence-electron chi connectivity index (χ4n) is 13.3. The lowest BCUT2D eigenvalue weighted by molar-refractivity contribution is 0.661. The Morgan fingerprint density at radius 1 is 0.243 bits per heavy atom. The molecule has 0 saturated carbocycles. The van der Waals surface area contributed by atoms with Crippen molar-refractivity contribution in [2.75, 3.05) is 0 Å². The molecule has 11 aromatic carbocycles. The Morgan fingerprint density at radius 2 is 0.649 bits per heavy atom. The van der Waals surface area contributed by atoms with E-state index in [4.69, 9.17) is 0 Å². The highest BCUT2D eigenvalue weighted by Gasteiger charge is 2.38. The van der Waals surface area contributed by atoms with Gasteiger partial charge in [-0.1, -0.05) is 198 Å². The molecule has 13 aromatic rings. The Morgan fingerprint density at radius 3 is 1.14 bits per heavy atom. The van der Waals surface area contributed by atoms with Crippen LogP contribution in [0.3, 0.4) is 0 Å². The minimum atomic E-state index is -0.121. The van der Waals surface area contributed by atoms with Crippen LogP contribution in [0.2, 0.25) is 0 Å². The maximum Gasteiger partial charge on any atom is 0.0544 e. The predicted octanol–water partition coefficient (Wildman–Crippen LogP) is 19.2. The molecular formula is C72H52N2. The Labute approximate surface area is 432 Å². The van der Waals surface area contributed by atoms with Gasteiger partial charge in [-0.15, -0.1) is 0 Å². The first-order chi connectivity index (χ1) is 36.2. The zero-order valence-corrected chi connectivity index (χ0v) is 42.0. The number of hydrogen-bond donors (Lipinski definition) is 0. The van der Waals surface area contributed by atoms with E-state index in [-0.39, 0.29) is 10.8 Å². The van der Waals surface area contributed by atoms with Gasteiger partial charge >= 0.3 is 0 Å². The molecule has 0 aliphatic heterocycles. The molecule has 0 unspecified atom stereocenters. The average molecular weight is 945 g/mol. The van der Waals surface area contributed by atoms with E-state index in [1.165, 1.54) is 122 Å². The molecule has 2 heterocycles. The molecule has 2 aromatic heterocycles. The van der Waals surface area contributed by atoms with Crippen molar-refractivity contribution >= 4 is 43.6 Å². The van der Waals surface area contributed by atoms with Crippen LogP contribution in [0.5, 0.6) is 0 Å². The van der Waals surface area contributed by atoms with Gasteiger partial charge in [0.1, 0.15) is 0 Å². The fourth-order valence-corrected chi connectivity index (χ4v) is 13.3. The number of nitrogens with zero attached hydrogens (tertiary/aromatic N) is 2. The quantitative estimate of drug-likeness (QED) is 0.157. The number of benzene rings is 11. The van der Waals surface area contributed by atoms with Gasteiger partial charge in [0.15, 0.2) is 0 Å². The average Bonchev–Trinajstić information content (AvgIpc) is 4.11. The van der Waals surface area contributed by atoms with Crippen LogP contribution in [0, 0.1) is 0 Å². The summed E-state index contributed by atoms with van der Waals surface area (Å²) in [4.78, 5) is 0. The van der Waals surface area contributed by atoms with E-state index >= 15 is 0 Å². The second kappa shape index (κ2) is 15.8. The summed E-state index contributed by atoms with van der Waals surface area (Å²) in [5.74, 6) is 0. The van der Waals surface area contributed by atoms with Gasteiger partial charge in [-0.25, -0.2) is 0 Å². The standard InChI is InChI=1S/C72H52N2/c1-71(2)62-33-15-11-29-52(62)58-41-60-54-31-13-17-35-66(54)73(68(60)43-64(58)71)50-27-19-25-47(37-50)56-39-49(45-21-7-5-8-22-45)40-57(70(56)46-23-9-6-10-24-46)48-26-20-28-51(38-48)74-67-36-18-14-32-55(67)61-42-59-53-30-12-16-34-63(53)72(3,4)65(59)44-69(61)74/h5-44H,1-4H3. The maximum absolute atomic E-state index is 2.50. The third kappa shape index (κ3) is 6.12. The SMILES string of the molecule is CC1(C)c2ccccc2-c2cc3c4ccccc4n(-c4cccc(-c5cc(-c6ccccc6)cc(-c6cccc(-n7c8ccccc8c8cc9c(cc87)C(C)(C)c7ccccc7-9)c6)c5-c5ccccc5)c4)c3cc21. The summed E-state index contributed by atoms with van der Waals surface area (Å²) in [6, 6.07) is 91.0. The first-order valence-corrected chi connectivity index (χ1v) is 26.1. The lowest BCUT2D eigenvalue weighted by atomic mass is 9.82. The monoisotopic (exact) mass is 944 g/mol. The Hall–Kier alpha value is -8.98. The summed E-state index contributed by atoms with van der Waals surface area (Å²) in [6.07, 6.45) is 0. The predicted molar refractivity (Wildman–Crippen MR) is 312 cm³/mol. The Bertz CT molecular complexity index is 4220. The fraction of sp³-hybridized carbons (Fsp3) is 0.0833. The maximum atomic E-state index is 2.50.